The molecule has 0 unspecified atom stereocenters. The Labute approximate surface area is 199 Å². The highest BCUT2D eigenvalue weighted by Crippen LogP contribution is 2.32. The van der Waals surface area contributed by atoms with Crippen molar-refractivity contribution in [2.75, 3.05) is 39.3 Å². The Morgan fingerprint density at radius 3 is 2.23 bits per heavy atom. The van der Waals surface area contributed by atoms with Gasteiger partial charge in [0.15, 0.2) is 6.39 Å². The average Bonchev–Trinajstić information content (AvgIpc) is 3.38. The number of nitrogens with zero attached hydrogens (tertiary/aromatic N) is 4. The summed E-state index contributed by atoms with van der Waals surface area (Å²) in [5.74, 6) is -0.0324. The lowest BCUT2D eigenvalue weighted by Gasteiger charge is -2.48. The number of alkyl halides is 3. The van der Waals surface area contributed by atoms with Crippen LogP contribution in [-0.4, -0.2) is 76.8 Å². The summed E-state index contributed by atoms with van der Waals surface area (Å²) in [7, 11) is 0. The van der Waals surface area contributed by atoms with Crippen molar-refractivity contribution in [2.45, 2.75) is 12.2 Å². The van der Waals surface area contributed by atoms with E-state index in [0.29, 0.717) is 42.9 Å². The number of amides is 2. The molecule has 2 saturated heterocycles. The van der Waals surface area contributed by atoms with Crippen LogP contribution in [-0.2, 0) is 6.18 Å². The second-order valence-corrected chi connectivity index (χ2v) is 8.71. The Hall–Kier alpha value is -3.66. The first-order valence-electron chi connectivity index (χ1n) is 11.3. The molecule has 5 rings (SSSR count). The van der Waals surface area contributed by atoms with Crippen LogP contribution in [0.3, 0.4) is 0 Å². The fourth-order valence-electron chi connectivity index (χ4n) is 4.48. The number of halogens is 3. The first-order chi connectivity index (χ1) is 16.8. The molecule has 0 aliphatic carbocycles. The van der Waals surface area contributed by atoms with Gasteiger partial charge in [-0.1, -0.05) is 24.3 Å². The maximum atomic E-state index is 13.0. The Morgan fingerprint density at radius 1 is 0.886 bits per heavy atom. The Kier molecular flexibility index (Phi) is 6.06. The maximum Gasteiger partial charge on any atom is 0.416 e. The molecule has 1 aromatic heterocycles. The van der Waals surface area contributed by atoms with Crippen LogP contribution in [0.25, 0.3) is 11.1 Å². The topological polar surface area (TPSA) is 69.9 Å². The van der Waals surface area contributed by atoms with E-state index in [4.69, 9.17) is 4.42 Å². The molecule has 0 bridgehead atoms. The van der Waals surface area contributed by atoms with E-state index in [-0.39, 0.29) is 23.6 Å². The van der Waals surface area contributed by atoms with Crippen LogP contribution in [0.5, 0.6) is 0 Å². The van der Waals surface area contributed by atoms with Crippen molar-refractivity contribution in [3.63, 3.8) is 0 Å². The van der Waals surface area contributed by atoms with E-state index in [1.807, 2.05) is 0 Å². The second kappa shape index (κ2) is 9.18. The number of carbonyl (C=O) groups is 2. The van der Waals surface area contributed by atoms with Gasteiger partial charge in [0.25, 0.3) is 11.8 Å². The van der Waals surface area contributed by atoms with E-state index in [1.54, 1.807) is 40.1 Å². The average molecular weight is 484 g/mol. The minimum Gasteiger partial charge on any atom is -0.438 e. The zero-order valence-corrected chi connectivity index (χ0v) is 18.7. The SMILES string of the molecule is O=C(c1ccc(-c2cccc(C(F)(F)F)c2)cc1)N1CC(N2CCN(C(=O)c3cnco3)CC2)C1. The predicted octanol–water partition coefficient (Wildman–Crippen LogP) is 3.64. The molecule has 0 radical (unpaired) electrons. The molecule has 0 saturated carbocycles. The molecule has 7 nitrogen and oxygen atoms in total. The van der Waals surface area contributed by atoms with Gasteiger partial charge >= 0.3 is 6.18 Å². The van der Waals surface area contributed by atoms with Gasteiger partial charge in [0.1, 0.15) is 0 Å². The van der Waals surface area contributed by atoms with Crippen LogP contribution < -0.4 is 0 Å². The van der Waals surface area contributed by atoms with Crippen LogP contribution in [0, 0.1) is 0 Å². The van der Waals surface area contributed by atoms with E-state index in [2.05, 4.69) is 9.88 Å². The van der Waals surface area contributed by atoms with Crippen molar-refractivity contribution in [3.05, 3.63) is 78.0 Å². The summed E-state index contributed by atoms with van der Waals surface area (Å²) in [4.78, 5) is 34.8. The quantitative estimate of drug-likeness (QED) is 0.566. The van der Waals surface area contributed by atoms with E-state index in [9.17, 15) is 22.8 Å². The highest BCUT2D eigenvalue weighted by molar-refractivity contribution is 5.95. The lowest BCUT2D eigenvalue weighted by molar-refractivity contribution is -0.137. The van der Waals surface area contributed by atoms with Gasteiger partial charge in [-0.15, -0.1) is 0 Å². The summed E-state index contributed by atoms with van der Waals surface area (Å²) < 4.78 is 44.1. The maximum absolute atomic E-state index is 13.0. The fraction of sp³-hybridized carbons (Fsp3) is 0.320. The number of oxazole rings is 1. The normalized spacial score (nSPS) is 17.3. The molecule has 0 spiro atoms. The first-order valence-corrected chi connectivity index (χ1v) is 11.3. The summed E-state index contributed by atoms with van der Waals surface area (Å²) in [6.45, 7) is 3.81. The van der Waals surface area contributed by atoms with Gasteiger partial charge in [0.2, 0.25) is 5.76 Å². The van der Waals surface area contributed by atoms with Crippen molar-refractivity contribution >= 4 is 11.8 Å². The van der Waals surface area contributed by atoms with Crippen molar-refractivity contribution in [2.24, 2.45) is 0 Å². The van der Waals surface area contributed by atoms with Crippen LogP contribution in [0.2, 0.25) is 0 Å². The molecule has 10 heteroatoms. The van der Waals surface area contributed by atoms with Gasteiger partial charge in [-0.05, 0) is 35.4 Å². The van der Waals surface area contributed by atoms with Crippen molar-refractivity contribution < 1.29 is 27.2 Å². The van der Waals surface area contributed by atoms with Crippen LogP contribution in [0.15, 0.2) is 65.5 Å². The third-order valence-electron chi connectivity index (χ3n) is 6.57. The number of rotatable bonds is 4. The van der Waals surface area contributed by atoms with E-state index >= 15 is 0 Å². The number of benzene rings is 2. The van der Waals surface area contributed by atoms with Gasteiger partial charge in [-0.3, -0.25) is 14.5 Å². The van der Waals surface area contributed by atoms with Crippen LogP contribution >= 0.6 is 0 Å². The molecule has 0 atom stereocenters. The molecular formula is C25H23F3N4O3. The molecular weight excluding hydrogens is 461 g/mol. The number of aromatic nitrogens is 1. The van der Waals surface area contributed by atoms with Gasteiger partial charge in [0.05, 0.1) is 11.8 Å². The molecule has 3 heterocycles. The molecule has 2 aromatic carbocycles. The number of carbonyl (C=O) groups excluding carboxylic acids is 2. The predicted molar refractivity (Wildman–Crippen MR) is 121 cm³/mol. The molecule has 182 valence electrons. The van der Waals surface area contributed by atoms with Gasteiger partial charge in [-0.25, -0.2) is 4.98 Å². The molecule has 2 fully saturated rings. The monoisotopic (exact) mass is 484 g/mol. The van der Waals surface area contributed by atoms with E-state index < -0.39 is 11.7 Å². The summed E-state index contributed by atoms with van der Waals surface area (Å²) >= 11 is 0. The largest absolute Gasteiger partial charge is 0.438 e. The minimum atomic E-state index is -4.40. The van der Waals surface area contributed by atoms with Crippen LogP contribution in [0.1, 0.15) is 26.5 Å². The molecule has 0 N–H and O–H groups in total. The zero-order valence-electron chi connectivity index (χ0n) is 18.7. The fourth-order valence-corrected chi connectivity index (χ4v) is 4.48. The lowest BCUT2D eigenvalue weighted by atomic mass is 10.00. The van der Waals surface area contributed by atoms with Crippen molar-refractivity contribution in [1.82, 2.24) is 19.7 Å². The van der Waals surface area contributed by atoms with E-state index in [0.717, 1.165) is 25.2 Å². The van der Waals surface area contributed by atoms with Gasteiger partial charge in [0, 0.05) is 50.9 Å². The Morgan fingerprint density at radius 2 is 1.60 bits per heavy atom. The number of likely N-dealkylation sites (tertiary alicyclic amines) is 1. The molecule has 2 aliphatic heterocycles. The number of hydrogen-bond acceptors (Lipinski definition) is 5. The Balaban J connectivity index is 1.14. The third-order valence-corrected chi connectivity index (χ3v) is 6.57. The summed E-state index contributed by atoms with van der Waals surface area (Å²) in [6, 6.07) is 12.0. The second-order valence-electron chi connectivity index (χ2n) is 8.71. The third kappa shape index (κ3) is 4.79. The molecule has 35 heavy (non-hydrogen) atoms. The summed E-state index contributed by atoms with van der Waals surface area (Å²) in [5.41, 5.74) is 0.863. The summed E-state index contributed by atoms with van der Waals surface area (Å²) in [5, 5.41) is 0. The van der Waals surface area contributed by atoms with Crippen molar-refractivity contribution in [1.29, 1.82) is 0 Å². The zero-order chi connectivity index (χ0) is 24.6. The number of hydrogen-bond donors (Lipinski definition) is 0. The van der Waals surface area contributed by atoms with Crippen LogP contribution in [0.4, 0.5) is 13.2 Å². The highest BCUT2D eigenvalue weighted by atomic mass is 19.4. The smallest absolute Gasteiger partial charge is 0.416 e. The van der Waals surface area contributed by atoms with Gasteiger partial charge in [-0.2, -0.15) is 13.2 Å². The van der Waals surface area contributed by atoms with Gasteiger partial charge < -0.3 is 14.2 Å². The number of piperazine rings is 1. The molecule has 3 aromatic rings. The summed E-state index contributed by atoms with van der Waals surface area (Å²) in [6.07, 6.45) is -1.75. The van der Waals surface area contributed by atoms with E-state index in [1.165, 1.54) is 18.7 Å². The van der Waals surface area contributed by atoms with Crippen molar-refractivity contribution in [3.8, 4) is 11.1 Å². The molecule has 2 aliphatic rings. The highest BCUT2D eigenvalue weighted by Gasteiger charge is 2.37. The lowest BCUT2D eigenvalue weighted by Crippen LogP contribution is -2.64. The Bertz CT molecular complexity index is 1200. The molecule has 2 amide bonds. The minimum absolute atomic E-state index is 0.101. The first kappa shape index (κ1) is 23.1. The standard InChI is InChI=1S/C25H23F3N4O3/c26-25(27,28)20-3-1-2-19(12-20)17-4-6-18(7-5-17)23(33)32-14-21(15-32)30-8-10-31(11-9-30)24(34)22-13-29-16-35-22/h1-7,12-13,16,21H,8-11,14-15H2.